The van der Waals surface area contributed by atoms with Gasteiger partial charge in [0.1, 0.15) is 0 Å². The Balaban J connectivity index is 1.64. The van der Waals surface area contributed by atoms with Crippen molar-refractivity contribution in [1.82, 2.24) is 4.90 Å². The molecule has 18 heavy (non-hydrogen) atoms. The molecule has 0 aromatic heterocycles. The summed E-state index contributed by atoms with van der Waals surface area (Å²) in [6, 6.07) is 0.880. The number of hydrogen-bond donors (Lipinski definition) is 1. The summed E-state index contributed by atoms with van der Waals surface area (Å²) in [5.74, 6) is 0.994. The summed E-state index contributed by atoms with van der Waals surface area (Å²) in [4.78, 5) is 2.78. The number of nitrogens with zero attached hydrogens (tertiary/aromatic N) is 1. The average Bonchev–Trinajstić information content (AvgIpc) is 2.83. The van der Waals surface area contributed by atoms with E-state index >= 15 is 0 Å². The molecule has 2 unspecified atom stereocenters. The number of likely N-dealkylation sites (tertiary alicyclic amines) is 1. The van der Waals surface area contributed by atoms with Gasteiger partial charge in [-0.25, -0.2) is 0 Å². The van der Waals surface area contributed by atoms with E-state index in [2.05, 4.69) is 4.90 Å². The molecule has 1 saturated carbocycles. The van der Waals surface area contributed by atoms with Gasteiger partial charge in [0.2, 0.25) is 0 Å². The number of ether oxygens (including phenoxy) is 1. The highest BCUT2D eigenvalue weighted by atomic mass is 16.5. The predicted molar refractivity (Wildman–Crippen MR) is 73.5 cm³/mol. The molecule has 2 N–H and O–H groups in total. The highest BCUT2D eigenvalue weighted by Gasteiger charge is 2.40. The van der Waals surface area contributed by atoms with Crippen molar-refractivity contribution in [2.24, 2.45) is 17.1 Å². The molecule has 0 spiro atoms. The van der Waals surface area contributed by atoms with Gasteiger partial charge in [0, 0.05) is 25.8 Å². The Bertz CT molecular complexity index is 276. The van der Waals surface area contributed by atoms with E-state index in [1.807, 2.05) is 0 Å². The van der Waals surface area contributed by atoms with Crippen molar-refractivity contribution in [2.45, 2.75) is 51.0 Å². The Labute approximate surface area is 111 Å². The summed E-state index contributed by atoms with van der Waals surface area (Å²) < 4.78 is 5.52. The molecule has 0 aromatic rings. The van der Waals surface area contributed by atoms with Crippen LogP contribution in [0.25, 0.3) is 0 Å². The zero-order valence-electron chi connectivity index (χ0n) is 11.6. The van der Waals surface area contributed by atoms with E-state index in [-0.39, 0.29) is 0 Å². The van der Waals surface area contributed by atoms with E-state index in [0.717, 1.165) is 44.6 Å². The van der Waals surface area contributed by atoms with Gasteiger partial charge < -0.3 is 10.5 Å². The molecule has 2 saturated heterocycles. The monoisotopic (exact) mass is 252 g/mol. The Morgan fingerprint density at radius 2 is 1.89 bits per heavy atom. The highest BCUT2D eigenvalue weighted by Crippen LogP contribution is 2.39. The molecule has 104 valence electrons. The minimum absolute atomic E-state index is 0.352. The molecular weight excluding hydrogens is 224 g/mol. The smallest absolute Gasteiger partial charge is 0.0472 e. The van der Waals surface area contributed by atoms with Crippen LogP contribution in [0, 0.1) is 11.3 Å². The van der Waals surface area contributed by atoms with Crippen LogP contribution >= 0.6 is 0 Å². The minimum Gasteiger partial charge on any atom is -0.381 e. The molecule has 3 nitrogen and oxygen atoms in total. The molecule has 0 bridgehead atoms. The van der Waals surface area contributed by atoms with Gasteiger partial charge >= 0.3 is 0 Å². The van der Waals surface area contributed by atoms with Crippen LogP contribution in [-0.2, 0) is 4.74 Å². The zero-order chi connectivity index (χ0) is 12.4. The Kier molecular flexibility index (Phi) is 3.92. The van der Waals surface area contributed by atoms with Crippen LogP contribution in [0.4, 0.5) is 0 Å². The fourth-order valence-electron chi connectivity index (χ4n) is 4.36. The van der Waals surface area contributed by atoms with Crippen LogP contribution in [-0.4, -0.2) is 43.8 Å². The van der Waals surface area contributed by atoms with Crippen molar-refractivity contribution in [2.75, 3.05) is 32.8 Å². The normalized spacial score (nSPS) is 36.5. The summed E-state index contributed by atoms with van der Waals surface area (Å²) in [7, 11) is 0. The van der Waals surface area contributed by atoms with Gasteiger partial charge in [-0.1, -0.05) is 12.8 Å². The van der Waals surface area contributed by atoms with Crippen molar-refractivity contribution < 1.29 is 4.74 Å². The second kappa shape index (κ2) is 5.48. The lowest BCUT2D eigenvalue weighted by Gasteiger charge is -2.42. The lowest BCUT2D eigenvalue weighted by molar-refractivity contribution is -0.00568. The molecule has 3 heteroatoms. The SMILES string of the molecule is NCC1(CN2CCC3CCCCC32)CCOCC1. The molecule has 3 fully saturated rings. The van der Waals surface area contributed by atoms with E-state index < -0.39 is 0 Å². The van der Waals surface area contributed by atoms with Crippen LogP contribution in [0.2, 0.25) is 0 Å². The second-order valence-corrected chi connectivity index (χ2v) is 6.69. The Hall–Kier alpha value is -0.120. The Morgan fingerprint density at radius 3 is 2.67 bits per heavy atom. The summed E-state index contributed by atoms with van der Waals surface area (Å²) in [5, 5.41) is 0. The molecule has 1 aliphatic carbocycles. The molecule has 3 rings (SSSR count). The molecule has 2 heterocycles. The maximum atomic E-state index is 6.10. The third kappa shape index (κ3) is 2.45. The van der Waals surface area contributed by atoms with Gasteiger partial charge in [0.25, 0.3) is 0 Å². The predicted octanol–water partition coefficient (Wildman–Crippen LogP) is 2.01. The third-order valence-corrected chi connectivity index (χ3v) is 5.65. The number of hydrogen-bond acceptors (Lipinski definition) is 3. The van der Waals surface area contributed by atoms with Crippen molar-refractivity contribution in [1.29, 1.82) is 0 Å². The lowest BCUT2D eigenvalue weighted by Crippen LogP contribution is -2.48. The highest BCUT2D eigenvalue weighted by molar-refractivity contribution is 4.94. The van der Waals surface area contributed by atoms with Crippen molar-refractivity contribution in [3.05, 3.63) is 0 Å². The topological polar surface area (TPSA) is 38.5 Å². The fraction of sp³-hybridized carbons (Fsp3) is 1.00. The zero-order valence-corrected chi connectivity index (χ0v) is 11.6. The van der Waals surface area contributed by atoms with Crippen molar-refractivity contribution in [3.8, 4) is 0 Å². The van der Waals surface area contributed by atoms with Gasteiger partial charge in [0.15, 0.2) is 0 Å². The summed E-state index contributed by atoms with van der Waals surface area (Å²) in [6.07, 6.45) is 9.57. The second-order valence-electron chi connectivity index (χ2n) is 6.69. The first-order valence-corrected chi connectivity index (χ1v) is 7.85. The van der Waals surface area contributed by atoms with E-state index in [1.54, 1.807) is 0 Å². The number of rotatable bonds is 3. The molecular formula is C15H28N2O. The van der Waals surface area contributed by atoms with Gasteiger partial charge in [-0.15, -0.1) is 0 Å². The first-order valence-electron chi connectivity index (χ1n) is 7.85. The molecule has 0 amide bonds. The average molecular weight is 252 g/mol. The first kappa shape index (κ1) is 12.9. The van der Waals surface area contributed by atoms with Crippen LogP contribution in [0.1, 0.15) is 44.9 Å². The van der Waals surface area contributed by atoms with Gasteiger partial charge in [-0.2, -0.15) is 0 Å². The molecule has 0 radical (unpaired) electrons. The molecule has 3 aliphatic rings. The Morgan fingerprint density at radius 1 is 1.11 bits per heavy atom. The fourth-order valence-corrected chi connectivity index (χ4v) is 4.36. The van der Waals surface area contributed by atoms with E-state index in [1.165, 1.54) is 45.2 Å². The molecule has 0 aromatic carbocycles. The summed E-state index contributed by atoms with van der Waals surface area (Å²) in [6.45, 7) is 5.22. The first-order chi connectivity index (χ1) is 8.83. The van der Waals surface area contributed by atoms with Crippen LogP contribution < -0.4 is 5.73 Å². The third-order valence-electron chi connectivity index (χ3n) is 5.65. The maximum absolute atomic E-state index is 6.10. The van der Waals surface area contributed by atoms with Crippen LogP contribution in [0.5, 0.6) is 0 Å². The maximum Gasteiger partial charge on any atom is 0.0472 e. The van der Waals surface area contributed by atoms with Crippen LogP contribution in [0.3, 0.4) is 0 Å². The van der Waals surface area contributed by atoms with Crippen molar-refractivity contribution in [3.63, 3.8) is 0 Å². The van der Waals surface area contributed by atoms with Crippen molar-refractivity contribution >= 4 is 0 Å². The molecule has 2 atom stereocenters. The molecule has 2 aliphatic heterocycles. The van der Waals surface area contributed by atoms with Crippen LogP contribution in [0.15, 0.2) is 0 Å². The van der Waals surface area contributed by atoms with E-state index in [0.29, 0.717) is 5.41 Å². The van der Waals surface area contributed by atoms with Gasteiger partial charge in [0.05, 0.1) is 0 Å². The lowest BCUT2D eigenvalue weighted by atomic mass is 9.79. The summed E-state index contributed by atoms with van der Waals surface area (Å²) >= 11 is 0. The van der Waals surface area contributed by atoms with E-state index in [9.17, 15) is 0 Å². The van der Waals surface area contributed by atoms with Gasteiger partial charge in [-0.3, -0.25) is 4.90 Å². The largest absolute Gasteiger partial charge is 0.381 e. The number of fused-ring (bicyclic) bond motifs is 1. The minimum atomic E-state index is 0.352. The quantitative estimate of drug-likeness (QED) is 0.835. The van der Waals surface area contributed by atoms with E-state index in [4.69, 9.17) is 10.5 Å². The van der Waals surface area contributed by atoms with Gasteiger partial charge in [-0.05, 0) is 56.5 Å². The number of nitrogens with two attached hydrogens (primary N) is 1. The standard InChI is InChI=1S/C15H28N2O/c16-11-15(6-9-18-10-7-15)12-17-8-5-13-3-1-2-4-14(13)17/h13-14H,1-12,16H2. The summed E-state index contributed by atoms with van der Waals surface area (Å²) in [5.41, 5.74) is 6.45.